The summed E-state index contributed by atoms with van der Waals surface area (Å²) >= 11 is 0. The molecule has 0 aliphatic rings. The van der Waals surface area contributed by atoms with Crippen LogP contribution >= 0.6 is 0 Å². The van der Waals surface area contributed by atoms with Gasteiger partial charge in [0.05, 0.1) is 27.4 Å². The van der Waals surface area contributed by atoms with Crippen molar-refractivity contribution in [3.63, 3.8) is 0 Å². The molecule has 0 aliphatic heterocycles. The van der Waals surface area contributed by atoms with Gasteiger partial charge in [-0.3, -0.25) is 0 Å². The van der Waals surface area contributed by atoms with Crippen LogP contribution in [0, 0.1) is 0 Å². The molecule has 3 aromatic carbocycles. The summed E-state index contributed by atoms with van der Waals surface area (Å²) in [6.07, 6.45) is 4.20. The summed E-state index contributed by atoms with van der Waals surface area (Å²) < 4.78 is 23.4. The van der Waals surface area contributed by atoms with Gasteiger partial charge in [-0.2, -0.15) is 0 Å². The number of ether oxygens (including phenoxy) is 4. The topological polar surface area (TPSA) is 36.9 Å². The van der Waals surface area contributed by atoms with E-state index in [0.717, 1.165) is 70.2 Å². The molecule has 28 heavy (non-hydrogen) atoms. The van der Waals surface area contributed by atoms with E-state index in [2.05, 4.69) is 26.0 Å². The van der Waals surface area contributed by atoms with Crippen LogP contribution in [-0.4, -0.2) is 27.4 Å². The molecule has 0 heterocycles. The molecule has 0 saturated carbocycles. The van der Waals surface area contributed by atoms with Crippen molar-refractivity contribution < 1.29 is 18.9 Å². The van der Waals surface area contributed by atoms with E-state index in [4.69, 9.17) is 18.9 Å². The van der Waals surface area contributed by atoms with Gasteiger partial charge in [-0.05, 0) is 35.7 Å². The molecule has 4 nitrogen and oxygen atoms in total. The molecule has 0 spiro atoms. The predicted octanol–water partition coefficient (Wildman–Crippen LogP) is 6.37. The van der Waals surface area contributed by atoms with Crippen LogP contribution in [0.3, 0.4) is 0 Å². The molecule has 0 fully saturated rings. The van der Waals surface area contributed by atoms with Crippen molar-refractivity contribution in [2.45, 2.75) is 39.5 Å². The van der Waals surface area contributed by atoms with Gasteiger partial charge in [0.2, 0.25) is 0 Å². The third kappa shape index (κ3) is 4.27. The molecule has 3 rings (SSSR count). The Morgan fingerprint density at radius 1 is 0.643 bits per heavy atom. The summed E-state index contributed by atoms with van der Waals surface area (Å²) in [5, 5.41) is 4.26. The fourth-order valence-electron chi connectivity index (χ4n) is 3.32. The van der Waals surface area contributed by atoms with Crippen LogP contribution in [0.1, 0.15) is 39.5 Å². The number of hydrogen-bond acceptors (Lipinski definition) is 4. The lowest BCUT2D eigenvalue weighted by atomic mass is 9.99. The summed E-state index contributed by atoms with van der Waals surface area (Å²) in [6, 6.07) is 12.2. The third-order valence-corrected chi connectivity index (χ3v) is 4.89. The maximum atomic E-state index is 6.18. The van der Waals surface area contributed by atoms with Gasteiger partial charge in [0.25, 0.3) is 0 Å². The van der Waals surface area contributed by atoms with Gasteiger partial charge in [-0.1, -0.05) is 38.8 Å². The molecule has 150 valence electrons. The minimum absolute atomic E-state index is 0.678. The second-order valence-corrected chi connectivity index (χ2v) is 6.92. The van der Waals surface area contributed by atoms with Crippen molar-refractivity contribution >= 4 is 21.5 Å². The van der Waals surface area contributed by atoms with Crippen LogP contribution in [0.2, 0.25) is 0 Å². The Hall–Kier alpha value is -2.62. The van der Waals surface area contributed by atoms with Crippen LogP contribution in [0.25, 0.3) is 21.5 Å². The largest absolute Gasteiger partial charge is 0.497 e. The Morgan fingerprint density at radius 2 is 1.07 bits per heavy atom. The van der Waals surface area contributed by atoms with Crippen LogP contribution in [0.5, 0.6) is 23.0 Å². The van der Waals surface area contributed by atoms with Gasteiger partial charge in [-0.25, -0.2) is 0 Å². The highest BCUT2D eigenvalue weighted by Crippen LogP contribution is 2.42. The quantitative estimate of drug-likeness (QED) is 0.302. The lowest BCUT2D eigenvalue weighted by Crippen LogP contribution is -2.00. The molecule has 3 aromatic rings. The molecule has 0 aromatic heterocycles. The molecular formula is C24H30O4. The van der Waals surface area contributed by atoms with E-state index in [9.17, 15) is 0 Å². The fraction of sp³-hybridized carbons (Fsp3) is 0.417. The molecule has 4 heteroatoms. The molecule has 0 radical (unpaired) electrons. The van der Waals surface area contributed by atoms with E-state index in [1.54, 1.807) is 14.2 Å². The summed E-state index contributed by atoms with van der Waals surface area (Å²) in [5.74, 6) is 3.25. The molecule has 0 saturated heterocycles. The van der Waals surface area contributed by atoms with Crippen molar-refractivity contribution in [2.24, 2.45) is 0 Å². The lowest BCUT2D eigenvalue weighted by Gasteiger charge is -2.17. The number of methoxy groups -OCH3 is 2. The summed E-state index contributed by atoms with van der Waals surface area (Å²) in [6.45, 7) is 5.68. The van der Waals surface area contributed by atoms with Gasteiger partial charge in [0.15, 0.2) is 0 Å². The standard InChI is InChI=1S/C24H30O4/c1-5-7-11-27-21-15-19(25-3)13-17-9-10-18-14-20(26-4)16-22(24(18)23(17)21)28-12-8-6-2/h9-10,13-16H,5-8,11-12H2,1-4H3. The number of hydrogen-bond donors (Lipinski definition) is 0. The molecule has 0 atom stereocenters. The van der Waals surface area contributed by atoms with Gasteiger partial charge in [0, 0.05) is 22.9 Å². The zero-order valence-corrected chi connectivity index (χ0v) is 17.3. The first-order valence-corrected chi connectivity index (χ1v) is 10.1. The average Bonchev–Trinajstić information content (AvgIpc) is 2.73. The molecule has 0 aliphatic carbocycles. The van der Waals surface area contributed by atoms with Crippen LogP contribution in [0.15, 0.2) is 36.4 Å². The number of fused-ring (bicyclic) bond motifs is 3. The van der Waals surface area contributed by atoms with Crippen molar-refractivity contribution in [3.8, 4) is 23.0 Å². The minimum atomic E-state index is 0.678. The highest BCUT2D eigenvalue weighted by atomic mass is 16.5. The zero-order chi connectivity index (χ0) is 19.9. The molecule has 0 N–H and O–H groups in total. The highest BCUT2D eigenvalue weighted by molar-refractivity contribution is 6.14. The fourth-order valence-corrected chi connectivity index (χ4v) is 3.32. The number of benzene rings is 3. The van der Waals surface area contributed by atoms with Crippen molar-refractivity contribution in [3.05, 3.63) is 36.4 Å². The first-order chi connectivity index (χ1) is 13.7. The maximum Gasteiger partial charge on any atom is 0.131 e. The first kappa shape index (κ1) is 20.1. The molecule has 0 bridgehead atoms. The van der Waals surface area contributed by atoms with E-state index in [1.165, 1.54) is 0 Å². The van der Waals surface area contributed by atoms with E-state index < -0.39 is 0 Å². The van der Waals surface area contributed by atoms with Gasteiger partial charge in [-0.15, -0.1) is 0 Å². The Labute approximate surface area is 167 Å². The SMILES string of the molecule is CCCCOc1cc(OC)cc2ccc3cc(OC)cc(OCCCC)c3c12. The predicted molar refractivity (Wildman–Crippen MR) is 115 cm³/mol. The lowest BCUT2D eigenvalue weighted by molar-refractivity contribution is 0.308. The second-order valence-electron chi connectivity index (χ2n) is 6.92. The first-order valence-electron chi connectivity index (χ1n) is 10.1. The Morgan fingerprint density at radius 3 is 1.43 bits per heavy atom. The summed E-state index contributed by atoms with van der Waals surface area (Å²) in [7, 11) is 3.37. The van der Waals surface area contributed by atoms with Crippen molar-refractivity contribution in [1.29, 1.82) is 0 Å². The summed E-state index contributed by atoms with van der Waals surface area (Å²) in [5.41, 5.74) is 0. The van der Waals surface area contributed by atoms with Gasteiger partial charge in [0.1, 0.15) is 23.0 Å². The Kier molecular flexibility index (Phi) is 6.85. The van der Waals surface area contributed by atoms with Crippen LogP contribution in [0.4, 0.5) is 0 Å². The highest BCUT2D eigenvalue weighted by Gasteiger charge is 2.15. The van der Waals surface area contributed by atoms with Crippen LogP contribution in [-0.2, 0) is 0 Å². The van der Waals surface area contributed by atoms with Crippen molar-refractivity contribution in [1.82, 2.24) is 0 Å². The second kappa shape index (κ2) is 9.54. The molecular weight excluding hydrogens is 352 g/mol. The average molecular weight is 383 g/mol. The van der Waals surface area contributed by atoms with Gasteiger partial charge >= 0.3 is 0 Å². The Bertz CT molecular complexity index is 856. The van der Waals surface area contributed by atoms with E-state index in [1.807, 2.05) is 24.3 Å². The minimum Gasteiger partial charge on any atom is -0.497 e. The molecule has 0 amide bonds. The third-order valence-electron chi connectivity index (χ3n) is 4.89. The van der Waals surface area contributed by atoms with Crippen molar-refractivity contribution in [2.75, 3.05) is 27.4 Å². The van der Waals surface area contributed by atoms with E-state index in [-0.39, 0.29) is 0 Å². The zero-order valence-electron chi connectivity index (χ0n) is 17.3. The maximum absolute atomic E-state index is 6.18. The van der Waals surface area contributed by atoms with Crippen LogP contribution < -0.4 is 18.9 Å². The van der Waals surface area contributed by atoms with E-state index in [0.29, 0.717) is 13.2 Å². The number of rotatable bonds is 10. The normalized spacial score (nSPS) is 11.0. The monoisotopic (exact) mass is 382 g/mol. The number of unbranched alkanes of at least 4 members (excludes halogenated alkanes) is 2. The van der Waals surface area contributed by atoms with E-state index >= 15 is 0 Å². The van der Waals surface area contributed by atoms with Gasteiger partial charge < -0.3 is 18.9 Å². The Balaban J connectivity index is 2.23. The summed E-state index contributed by atoms with van der Waals surface area (Å²) in [4.78, 5) is 0. The smallest absolute Gasteiger partial charge is 0.131 e. The molecule has 0 unspecified atom stereocenters.